The van der Waals surface area contributed by atoms with E-state index < -0.39 is 59.9 Å². The number of aromatic amines is 1. The number of nitrogens with two attached hydrogens (primary N) is 2. The van der Waals surface area contributed by atoms with Crippen molar-refractivity contribution in [3.05, 3.63) is 18.2 Å². The van der Waals surface area contributed by atoms with Crippen molar-refractivity contribution in [1.82, 2.24) is 25.9 Å². The van der Waals surface area contributed by atoms with E-state index in [4.69, 9.17) is 11.5 Å². The van der Waals surface area contributed by atoms with Gasteiger partial charge in [-0.1, -0.05) is 13.8 Å². The van der Waals surface area contributed by atoms with E-state index in [0.29, 0.717) is 5.69 Å². The van der Waals surface area contributed by atoms with Gasteiger partial charge in [-0.25, -0.2) is 9.78 Å². The number of carboxylic acids is 1. The van der Waals surface area contributed by atoms with E-state index in [1.165, 1.54) is 19.4 Å². The second-order valence-electron chi connectivity index (χ2n) is 8.71. The number of hydrogen-bond acceptors (Lipinski definition) is 8. The Labute approximate surface area is 202 Å². The topological polar surface area (TPSA) is 243 Å². The fraction of sp³-hybridized carbons (Fsp3) is 0.619. The third-order valence-corrected chi connectivity index (χ3v) is 5.03. The van der Waals surface area contributed by atoms with E-state index >= 15 is 0 Å². The normalized spacial score (nSPS) is 15.4. The van der Waals surface area contributed by atoms with Crippen LogP contribution in [0.5, 0.6) is 0 Å². The summed E-state index contributed by atoms with van der Waals surface area (Å²) in [6, 6.07) is -5.11. The summed E-state index contributed by atoms with van der Waals surface area (Å²) in [4.78, 5) is 67.5. The first-order chi connectivity index (χ1) is 16.3. The number of carbonyl (C=O) groups excluding carboxylic acids is 4. The minimum atomic E-state index is -1.48. The van der Waals surface area contributed by atoms with Crippen LogP contribution in [0.25, 0.3) is 0 Å². The van der Waals surface area contributed by atoms with Crippen molar-refractivity contribution >= 4 is 29.6 Å². The van der Waals surface area contributed by atoms with Gasteiger partial charge in [-0.15, -0.1) is 0 Å². The molecule has 1 rings (SSSR count). The summed E-state index contributed by atoms with van der Waals surface area (Å²) in [6.07, 6.45) is 1.26. The molecule has 5 unspecified atom stereocenters. The Balaban J connectivity index is 2.93. The fourth-order valence-electron chi connectivity index (χ4n) is 3.17. The Morgan fingerprint density at radius 1 is 1.03 bits per heavy atom. The second kappa shape index (κ2) is 14.0. The number of amides is 4. The zero-order valence-corrected chi connectivity index (χ0v) is 20.0. The summed E-state index contributed by atoms with van der Waals surface area (Å²) in [7, 11) is 0. The highest BCUT2D eigenvalue weighted by Crippen LogP contribution is 2.07. The number of nitrogens with one attached hydrogen (secondary N) is 4. The molecule has 5 atom stereocenters. The Bertz CT molecular complexity index is 873. The molecule has 0 saturated heterocycles. The van der Waals surface area contributed by atoms with Crippen LogP contribution in [0.1, 0.15) is 45.7 Å². The number of carbonyl (C=O) groups is 5. The van der Waals surface area contributed by atoms with Crippen molar-refractivity contribution in [3.8, 4) is 0 Å². The van der Waals surface area contributed by atoms with Gasteiger partial charge in [0.25, 0.3) is 0 Å². The molecular formula is C21H35N7O7. The van der Waals surface area contributed by atoms with E-state index in [9.17, 15) is 34.2 Å². The number of hydrogen-bond donors (Lipinski definition) is 8. The Kier molecular flexibility index (Phi) is 11.8. The van der Waals surface area contributed by atoms with Gasteiger partial charge in [0.05, 0.1) is 18.5 Å². The average molecular weight is 498 g/mol. The highest BCUT2D eigenvalue weighted by Gasteiger charge is 2.32. The lowest BCUT2D eigenvalue weighted by molar-refractivity contribution is -0.143. The van der Waals surface area contributed by atoms with Crippen LogP contribution < -0.4 is 27.4 Å². The quantitative estimate of drug-likeness (QED) is 0.128. The van der Waals surface area contributed by atoms with Gasteiger partial charge in [0, 0.05) is 24.7 Å². The van der Waals surface area contributed by atoms with Gasteiger partial charge in [0.15, 0.2) is 0 Å². The lowest BCUT2D eigenvalue weighted by Crippen LogP contribution is -2.60. The van der Waals surface area contributed by atoms with E-state index in [1.807, 2.05) is 0 Å². The number of aliphatic hydroxyl groups is 1. The molecule has 4 amide bonds. The molecular weight excluding hydrogens is 462 g/mol. The largest absolute Gasteiger partial charge is 0.480 e. The van der Waals surface area contributed by atoms with Crippen LogP contribution in [0.4, 0.5) is 0 Å². The van der Waals surface area contributed by atoms with E-state index in [0.717, 1.165) is 0 Å². The Morgan fingerprint density at radius 3 is 2.14 bits per heavy atom. The maximum atomic E-state index is 12.9. The van der Waals surface area contributed by atoms with Crippen LogP contribution in [0.15, 0.2) is 12.5 Å². The van der Waals surface area contributed by atoms with Gasteiger partial charge in [-0.2, -0.15) is 0 Å². The predicted octanol–water partition coefficient (Wildman–Crippen LogP) is -2.49. The first kappa shape index (κ1) is 29.5. The van der Waals surface area contributed by atoms with Crippen LogP contribution in [-0.4, -0.2) is 80.1 Å². The second-order valence-corrected chi connectivity index (χ2v) is 8.71. The molecule has 0 bridgehead atoms. The van der Waals surface area contributed by atoms with Gasteiger partial charge in [-0.3, -0.25) is 19.2 Å². The fourth-order valence-corrected chi connectivity index (χ4v) is 3.17. The molecule has 1 heterocycles. The molecule has 0 aliphatic heterocycles. The maximum absolute atomic E-state index is 12.9. The van der Waals surface area contributed by atoms with Crippen molar-refractivity contribution in [2.75, 3.05) is 0 Å². The van der Waals surface area contributed by atoms with Crippen LogP contribution in [0.2, 0.25) is 0 Å². The summed E-state index contributed by atoms with van der Waals surface area (Å²) >= 11 is 0. The highest BCUT2D eigenvalue weighted by atomic mass is 16.4. The summed E-state index contributed by atoms with van der Waals surface area (Å²) < 4.78 is 0. The number of nitrogens with zero attached hydrogens (tertiary/aromatic N) is 1. The number of imidazole rings is 1. The molecule has 14 nitrogen and oxygen atoms in total. The average Bonchev–Trinajstić information content (AvgIpc) is 3.26. The number of carboxylic acid groups (broad SMARTS) is 1. The number of H-pyrrole nitrogens is 1. The van der Waals surface area contributed by atoms with Gasteiger partial charge in [0.1, 0.15) is 18.1 Å². The molecule has 1 aromatic heterocycles. The molecule has 0 fully saturated rings. The summed E-state index contributed by atoms with van der Waals surface area (Å²) in [5.74, 6) is -4.55. The van der Waals surface area contributed by atoms with Crippen LogP contribution in [0, 0.1) is 5.92 Å². The number of primary amides is 1. The van der Waals surface area contributed by atoms with Crippen molar-refractivity contribution in [1.29, 1.82) is 0 Å². The first-order valence-electron chi connectivity index (χ1n) is 11.1. The van der Waals surface area contributed by atoms with Gasteiger partial charge in [-0.05, 0) is 25.7 Å². The van der Waals surface area contributed by atoms with E-state index in [2.05, 4.69) is 25.9 Å². The Morgan fingerprint density at radius 2 is 1.66 bits per heavy atom. The number of aliphatic hydroxyl groups excluding tert-OH is 1. The van der Waals surface area contributed by atoms with Crippen LogP contribution >= 0.6 is 0 Å². The monoisotopic (exact) mass is 497 g/mol. The number of rotatable bonds is 15. The molecule has 1 aromatic rings. The molecule has 196 valence electrons. The highest BCUT2D eigenvalue weighted by molar-refractivity contribution is 5.94. The SMILES string of the molecule is CC(C)CC(NC(=O)C(CCC(N)=O)NC(=O)C(NC(=O)C(N)Cc1cnc[nH]1)C(C)O)C(=O)O. The first-order valence-corrected chi connectivity index (χ1v) is 11.1. The third kappa shape index (κ3) is 10.5. The zero-order valence-electron chi connectivity index (χ0n) is 20.0. The number of aliphatic carboxylic acids is 1. The summed E-state index contributed by atoms with van der Waals surface area (Å²) in [5, 5.41) is 26.5. The van der Waals surface area contributed by atoms with Crippen molar-refractivity contribution < 1.29 is 34.2 Å². The number of aromatic nitrogens is 2. The van der Waals surface area contributed by atoms with Crippen LogP contribution in [0.3, 0.4) is 0 Å². The maximum Gasteiger partial charge on any atom is 0.326 e. The summed E-state index contributed by atoms with van der Waals surface area (Å²) in [5.41, 5.74) is 11.6. The minimum absolute atomic E-state index is 0.0455. The standard InChI is InChI=1S/C21H35N7O7/c1-10(2)6-15(21(34)35)27-19(32)14(4-5-16(23)30)26-20(33)17(11(3)29)28-18(31)13(22)7-12-8-24-9-25-12/h8-11,13-15,17,29H,4-7,22H2,1-3H3,(H2,23,30)(H,24,25)(H,26,33)(H,27,32)(H,28,31)(H,34,35). The third-order valence-electron chi connectivity index (χ3n) is 5.03. The smallest absolute Gasteiger partial charge is 0.326 e. The van der Waals surface area contributed by atoms with Gasteiger partial charge in [0.2, 0.25) is 23.6 Å². The molecule has 10 N–H and O–H groups in total. The molecule has 14 heteroatoms. The lowest BCUT2D eigenvalue weighted by atomic mass is 10.0. The van der Waals surface area contributed by atoms with Crippen molar-refractivity contribution in [2.24, 2.45) is 17.4 Å². The lowest BCUT2D eigenvalue weighted by Gasteiger charge is -2.26. The Hall–Kier alpha value is -3.52. The van der Waals surface area contributed by atoms with E-state index in [1.54, 1.807) is 13.8 Å². The molecule has 0 saturated carbocycles. The zero-order chi connectivity index (χ0) is 26.7. The van der Waals surface area contributed by atoms with Crippen LogP contribution in [-0.2, 0) is 30.4 Å². The van der Waals surface area contributed by atoms with E-state index in [-0.39, 0.29) is 31.6 Å². The molecule has 0 aromatic carbocycles. The minimum Gasteiger partial charge on any atom is -0.480 e. The van der Waals surface area contributed by atoms with Gasteiger partial charge < -0.3 is 42.6 Å². The van der Waals surface area contributed by atoms with Crippen molar-refractivity contribution in [2.45, 2.75) is 76.7 Å². The summed E-state index contributed by atoms with van der Waals surface area (Å²) in [6.45, 7) is 4.81. The molecule has 0 aliphatic carbocycles. The predicted molar refractivity (Wildman–Crippen MR) is 123 cm³/mol. The molecule has 0 radical (unpaired) electrons. The van der Waals surface area contributed by atoms with Crippen molar-refractivity contribution in [3.63, 3.8) is 0 Å². The van der Waals surface area contributed by atoms with Gasteiger partial charge >= 0.3 is 5.97 Å². The molecule has 0 spiro atoms. The molecule has 35 heavy (non-hydrogen) atoms. The molecule has 0 aliphatic rings.